The molecule has 0 spiro atoms. The predicted molar refractivity (Wildman–Crippen MR) is 80.6 cm³/mol. The van der Waals surface area contributed by atoms with Gasteiger partial charge in [-0.05, 0) is 48.0 Å². The van der Waals surface area contributed by atoms with E-state index in [1.54, 1.807) is 42.5 Å². The van der Waals surface area contributed by atoms with Gasteiger partial charge in [-0.2, -0.15) is 0 Å². The summed E-state index contributed by atoms with van der Waals surface area (Å²) in [6.45, 7) is 0.610. The summed E-state index contributed by atoms with van der Waals surface area (Å²) >= 11 is 3.31. The largest absolute Gasteiger partial charge is 0.493 e. The lowest BCUT2D eigenvalue weighted by Crippen LogP contribution is -2.13. The molecule has 1 heterocycles. The molecular formula is C14H12BrNO3S. The van der Waals surface area contributed by atoms with Crippen molar-refractivity contribution in [3.63, 3.8) is 0 Å². The lowest BCUT2D eigenvalue weighted by molar-refractivity contribution is 0.356. The number of nitrogens with one attached hydrogen (secondary N) is 1. The summed E-state index contributed by atoms with van der Waals surface area (Å²) < 4.78 is 33.5. The van der Waals surface area contributed by atoms with Crippen LogP contribution in [0.15, 0.2) is 51.8 Å². The number of halogens is 1. The molecule has 0 saturated heterocycles. The topological polar surface area (TPSA) is 55.4 Å². The molecule has 6 heteroatoms. The van der Waals surface area contributed by atoms with Gasteiger partial charge < -0.3 is 4.74 Å². The third kappa shape index (κ3) is 2.66. The Morgan fingerprint density at radius 2 is 1.85 bits per heavy atom. The number of benzene rings is 2. The molecular weight excluding hydrogens is 342 g/mol. The molecule has 20 heavy (non-hydrogen) atoms. The van der Waals surface area contributed by atoms with Crippen molar-refractivity contribution in [2.75, 3.05) is 11.3 Å². The van der Waals surface area contributed by atoms with Crippen LogP contribution in [0.3, 0.4) is 0 Å². The van der Waals surface area contributed by atoms with Gasteiger partial charge in [-0.15, -0.1) is 0 Å². The Morgan fingerprint density at radius 1 is 1.10 bits per heavy atom. The first kappa shape index (κ1) is 13.5. The summed E-state index contributed by atoms with van der Waals surface area (Å²) in [5, 5.41) is 0. The summed E-state index contributed by atoms with van der Waals surface area (Å²) in [5.41, 5.74) is 1.47. The van der Waals surface area contributed by atoms with Crippen LogP contribution in [0, 0.1) is 0 Å². The minimum atomic E-state index is -3.57. The second kappa shape index (κ2) is 5.10. The molecule has 0 aromatic heterocycles. The summed E-state index contributed by atoms with van der Waals surface area (Å²) in [6, 6.07) is 11.9. The van der Waals surface area contributed by atoms with Crippen LogP contribution in [-0.2, 0) is 16.4 Å². The van der Waals surface area contributed by atoms with Crippen LogP contribution in [0.2, 0.25) is 0 Å². The molecule has 1 aliphatic heterocycles. The van der Waals surface area contributed by atoms with Crippen LogP contribution in [0.1, 0.15) is 5.56 Å². The molecule has 3 rings (SSSR count). The van der Waals surface area contributed by atoms with Gasteiger partial charge in [0.15, 0.2) is 0 Å². The van der Waals surface area contributed by atoms with E-state index < -0.39 is 10.0 Å². The van der Waals surface area contributed by atoms with Gasteiger partial charge in [0.2, 0.25) is 0 Å². The molecule has 2 aromatic rings. The van der Waals surface area contributed by atoms with E-state index in [-0.39, 0.29) is 4.90 Å². The Hall–Kier alpha value is -1.53. The second-order valence-corrected chi connectivity index (χ2v) is 7.08. The molecule has 104 valence electrons. The van der Waals surface area contributed by atoms with Gasteiger partial charge in [-0.3, -0.25) is 4.72 Å². The van der Waals surface area contributed by atoms with Crippen molar-refractivity contribution in [3.05, 3.63) is 52.5 Å². The Kier molecular flexibility index (Phi) is 3.43. The predicted octanol–water partition coefficient (Wildman–Crippen LogP) is 3.18. The van der Waals surface area contributed by atoms with E-state index in [9.17, 15) is 8.42 Å². The Labute approximate surface area is 126 Å². The highest BCUT2D eigenvalue weighted by Crippen LogP contribution is 2.28. The van der Waals surface area contributed by atoms with Crippen LogP contribution in [-0.4, -0.2) is 15.0 Å². The van der Waals surface area contributed by atoms with Gasteiger partial charge in [0, 0.05) is 16.6 Å². The molecule has 2 aromatic carbocycles. The van der Waals surface area contributed by atoms with Crippen LogP contribution in [0.5, 0.6) is 5.75 Å². The van der Waals surface area contributed by atoms with E-state index in [0.717, 1.165) is 22.2 Å². The molecule has 0 aliphatic carbocycles. The first-order valence-electron chi connectivity index (χ1n) is 6.09. The van der Waals surface area contributed by atoms with Gasteiger partial charge in [0.05, 0.1) is 11.5 Å². The third-order valence-electron chi connectivity index (χ3n) is 3.07. The molecule has 1 aliphatic rings. The van der Waals surface area contributed by atoms with E-state index in [1.165, 1.54) is 0 Å². The Balaban J connectivity index is 1.90. The average molecular weight is 354 g/mol. The zero-order valence-corrected chi connectivity index (χ0v) is 12.9. The number of ether oxygens (including phenoxy) is 1. The van der Waals surface area contributed by atoms with Crippen molar-refractivity contribution in [3.8, 4) is 5.75 Å². The fourth-order valence-corrected chi connectivity index (χ4v) is 3.44. The van der Waals surface area contributed by atoms with Gasteiger partial charge in [0.1, 0.15) is 5.75 Å². The Morgan fingerprint density at radius 3 is 2.60 bits per heavy atom. The lowest BCUT2D eigenvalue weighted by atomic mass is 10.2. The van der Waals surface area contributed by atoms with Crippen molar-refractivity contribution in [2.24, 2.45) is 0 Å². The molecule has 1 N–H and O–H groups in total. The lowest BCUT2D eigenvalue weighted by Gasteiger charge is -2.09. The summed E-state index contributed by atoms with van der Waals surface area (Å²) in [4.78, 5) is 0.254. The second-order valence-electron chi connectivity index (χ2n) is 4.48. The number of sulfonamides is 1. The number of hydrogen-bond donors (Lipinski definition) is 1. The zero-order chi connectivity index (χ0) is 14.2. The van der Waals surface area contributed by atoms with E-state index in [0.29, 0.717) is 12.3 Å². The third-order valence-corrected chi connectivity index (χ3v) is 4.98. The van der Waals surface area contributed by atoms with Crippen LogP contribution in [0.4, 0.5) is 5.69 Å². The fourth-order valence-electron chi connectivity index (χ4n) is 2.06. The molecule has 0 saturated carbocycles. The van der Waals surface area contributed by atoms with Crippen LogP contribution >= 0.6 is 15.9 Å². The van der Waals surface area contributed by atoms with E-state index in [1.807, 2.05) is 0 Å². The summed E-state index contributed by atoms with van der Waals surface area (Å²) in [5.74, 6) is 0.771. The molecule has 0 atom stereocenters. The maximum absolute atomic E-state index is 12.3. The number of fused-ring (bicyclic) bond motifs is 1. The zero-order valence-electron chi connectivity index (χ0n) is 10.5. The smallest absolute Gasteiger partial charge is 0.261 e. The molecule has 0 bridgehead atoms. The number of rotatable bonds is 3. The monoisotopic (exact) mass is 353 g/mol. The molecule has 0 unspecified atom stereocenters. The molecule has 4 nitrogen and oxygen atoms in total. The van der Waals surface area contributed by atoms with Gasteiger partial charge >= 0.3 is 0 Å². The number of hydrogen-bond acceptors (Lipinski definition) is 3. The number of anilines is 1. The fraction of sp³-hybridized carbons (Fsp3) is 0.143. The highest BCUT2D eigenvalue weighted by molar-refractivity contribution is 9.10. The first-order chi connectivity index (χ1) is 9.54. The quantitative estimate of drug-likeness (QED) is 0.921. The van der Waals surface area contributed by atoms with E-state index in [2.05, 4.69) is 20.7 Å². The van der Waals surface area contributed by atoms with Crippen molar-refractivity contribution in [1.29, 1.82) is 0 Å². The minimum Gasteiger partial charge on any atom is -0.493 e. The van der Waals surface area contributed by atoms with Crippen LogP contribution in [0.25, 0.3) is 0 Å². The SMILES string of the molecule is O=S(=O)(Nc1ccc(Br)cc1)c1ccc2c(c1)CCO2. The summed E-state index contributed by atoms with van der Waals surface area (Å²) in [6.07, 6.45) is 0.747. The molecule has 0 radical (unpaired) electrons. The maximum Gasteiger partial charge on any atom is 0.261 e. The normalized spacial score (nSPS) is 13.7. The Bertz CT molecular complexity index is 742. The highest BCUT2D eigenvalue weighted by atomic mass is 79.9. The van der Waals surface area contributed by atoms with Crippen molar-refractivity contribution < 1.29 is 13.2 Å². The van der Waals surface area contributed by atoms with Crippen molar-refractivity contribution in [1.82, 2.24) is 0 Å². The van der Waals surface area contributed by atoms with Crippen molar-refractivity contribution >= 4 is 31.6 Å². The average Bonchev–Trinajstić information content (AvgIpc) is 2.88. The van der Waals surface area contributed by atoms with Gasteiger partial charge in [-0.1, -0.05) is 15.9 Å². The maximum atomic E-state index is 12.3. The van der Waals surface area contributed by atoms with Gasteiger partial charge in [-0.25, -0.2) is 8.42 Å². The highest BCUT2D eigenvalue weighted by Gasteiger charge is 2.19. The van der Waals surface area contributed by atoms with Gasteiger partial charge in [0.25, 0.3) is 10.0 Å². The summed E-state index contributed by atoms with van der Waals surface area (Å²) in [7, 11) is -3.57. The minimum absolute atomic E-state index is 0.254. The van der Waals surface area contributed by atoms with Crippen molar-refractivity contribution in [2.45, 2.75) is 11.3 Å². The van der Waals surface area contributed by atoms with E-state index in [4.69, 9.17) is 4.74 Å². The standard InChI is InChI=1S/C14H12BrNO3S/c15-11-1-3-12(4-2-11)16-20(17,18)13-5-6-14-10(9-13)7-8-19-14/h1-6,9,16H,7-8H2. The molecule has 0 fully saturated rings. The van der Waals surface area contributed by atoms with Crippen LogP contribution < -0.4 is 9.46 Å². The van der Waals surface area contributed by atoms with E-state index >= 15 is 0 Å². The first-order valence-corrected chi connectivity index (χ1v) is 8.36. The molecule has 0 amide bonds.